The number of hydrogen-bond acceptors (Lipinski definition) is 6. The van der Waals surface area contributed by atoms with E-state index in [9.17, 15) is 19.2 Å². The van der Waals surface area contributed by atoms with E-state index in [1.54, 1.807) is 48.5 Å². The Morgan fingerprint density at radius 1 is 0.778 bits per heavy atom. The Labute approximate surface area is 269 Å². The molecule has 9 heteroatoms. The van der Waals surface area contributed by atoms with Crippen molar-refractivity contribution in [1.82, 2.24) is 15.5 Å². The molecule has 3 unspecified atom stereocenters. The maximum absolute atomic E-state index is 14.6. The first kappa shape index (κ1) is 37.3. The lowest BCUT2D eigenvalue weighted by Crippen LogP contribution is -2.60. The summed E-state index contributed by atoms with van der Waals surface area (Å²) in [6, 6.07) is 11.9. The molecule has 0 aromatic heterocycles. The van der Waals surface area contributed by atoms with Crippen LogP contribution in [0, 0.1) is 13.8 Å². The fraction of sp³-hybridized carbons (Fsp3) is 0.556. The largest absolute Gasteiger partial charge is 0.458 e. The maximum atomic E-state index is 14.6. The van der Waals surface area contributed by atoms with Gasteiger partial charge in [-0.25, -0.2) is 9.59 Å². The van der Waals surface area contributed by atoms with Gasteiger partial charge in [0.15, 0.2) is 0 Å². The van der Waals surface area contributed by atoms with Gasteiger partial charge in [0.05, 0.1) is 0 Å². The first-order valence-corrected chi connectivity index (χ1v) is 15.6. The molecule has 248 valence electrons. The first-order chi connectivity index (χ1) is 20.7. The number of nitrogens with one attached hydrogen (secondary N) is 2. The standard InChI is InChI=1S/C36H53N3O6/c1-13-36(11,12)39(31(41)25(4)37-33(43)45-35(8,9)10)29(28-23(2)18-17-19-24(28)3)30(40)38-27(32(42)44-34(5,6)7)22-26-20-15-14-16-21-26/h14-21,25,27,29H,13,22H2,1-12H3,(H,37,43)(H,38,40). The predicted octanol–water partition coefficient (Wildman–Crippen LogP) is 6.34. The Morgan fingerprint density at radius 2 is 1.31 bits per heavy atom. The molecule has 2 aromatic carbocycles. The SMILES string of the molecule is CCC(C)(C)N(C(=O)C(C)NC(=O)OC(C)(C)C)C(C(=O)NC(Cc1ccccc1)C(=O)OC(C)(C)C)c1c(C)cccc1C. The Kier molecular flexibility index (Phi) is 12.4. The van der Waals surface area contributed by atoms with E-state index < -0.39 is 58.7 Å². The fourth-order valence-electron chi connectivity index (χ4n) is 5.00. The maximum Gasteiger partial charge on any atom is 0.408 e. The number of esters is 1. The van der Waals surface area contributed by atoms with E-state index >= 15 is 0 Å². The monoisotopic (exact) mass is 623 g/mol. The average molecular weight is 624 g/mol. The lowest BCUT2D eigenvalue weighted by atomic mass is 9.88. The number of carbonyl (C=O) groups excluding carboxylic acids is 4. The molecule has 0 aliphatic heterocycles. The Balaban J connectivity index is 2.68. The van der Waals surface area contributed by atoms with Gasteiger partial charge in [0.25, 0.3) is 0 Å². The molecule has 0 radical (unpaired) electrons. The number of carbonyl (C=O) groups is 4. The molecule has 3 amide bonds. The van der Waals surface area contributed by atoms with Crippen LogP contribution in [-0.4, -0.2) is 57.6 Å². The number of benzene rings is 2. The molecule has 3 atom stereocenters. The Morgan fingerprint density at radius 3 is 1.80 bits per heavy atom. The molecule has 0 bridgehead atoms. The summed E-state index contributed by atoms with van der Waals surface area (Å²) < 4.78 is 11.1. The summed E-state index contributed by atoms with van der Waals surface area (Å²) in [5.41, 5.74) is 0.738. The first-order valence-electron chi connectivity index (χ1n) is 15.6. The van der Waals surface area contributed by atoms with E-state index in [2.05, 4.69) is 10.6 Å². The van der Waals surface area contributed by atoms with Crippen LogP contribution in [0.15, 0.2) is 48.5 Å². The molecule has 2 aromatic rings. The fourth-order valence-corrected chi connectivity index (χ4v) is 5.00. The summed E-state index contributed by atoms with van der Waals surface area (Å²) in [7, 11) is 0. The van der Waals surface area contributed by atoms with Crippen LogP contribution in [0.2, 0.25) is 0 Å². The van der Waals surface area contributed by atoms with Crippen LogP contribution in [0.1, 0.15) is 104 Å². The smallest absolute Gasteiger partial charge is 0.408 e. The van der Waals surface area contributed by atoms with E-state index in [4.69, 9.17) is 9.47 Å². The van der Waals surface area contributed by atoms with Gasteiger partial charge in [-0.3, -0.25) is 9.59 Å². The number of aryl methyl sites for hydroxylation is 2. The second kappa shape index (κ2) is 14.9. The highest BCUT2D eigenvalue weighted by atomic mass is 16.6. The van der Waals surface area contributed by atoms with E-state index in [1.165, 1.54) is 4.90 Å². The van der Waals surface area contributed by atoms with Gasteiger partial charge in [-0.1, -0.05) is 55.5 Å². The van der Waals surface area contributed by atoms with Crippen molar-refractivity contribution >= 4 is 23.9 Å². The minimum Gasteiger partial charge on any atom is -0.458 e. The number of nitrogens with zero attached hydrogens (tertiary/aromatic N) is 1. The number of hydrogen-bond donors (Lipinski definition) is 2. The molecule has 0 fully saturated rings. The lowest BCUT2D eigenvalue weighted by molar-refractivity contribution is -0.159. The summed E-state index contributed by atoms with van der Waals surface area (Å²) in [6.07, 6.45) is -0.0343. The van der Waals surface area contributed by atoms with Crippen molar-refractivity contribution in [2.75, 3.05) is 0 Å². The molecule has 45 heavy (non-hydrogen) atoms. The molecule has 9 nitrogen and oxygen atoms in total. The summed E-state index contributed by atoms with van der Waals surface area (Å²) in [6.45, 7) is 21.6. The zero-order valence-corrected chi connectivity index (χ0v) is 29.2. The third-order valence-electron chi connectivity index (χ3n) is 7.47. The van der Waals surface area contributed by atoms with Gasteiger partial charge < -0.3 is 25.0 Å². The van der Waals surface area contributed by atoms with Gasteiger partial charge in [-0.15, -0.1) is 0 Å². The highest BCUT2D eigenvalue weighted by Gasteiger charge is 2.44. The minimum absolute atomic E-state index is 0.197. The summed E-state index contributed by atoms with van der Waals surface area (Å²) >= 11 is 0. The average Bonchev–Trinajstić information content (AvgIpc) is 2.90. The second-order valence-electron chi connectivity index (χ2n) is 14.2. The second-order valence-corrected chi connectivity index (χ2v) is 14.2. The summed E-state index contributed by atoms with van der Waals surface area (Å²) in [5.74, 6) is -1.57. The van der Waals surface area contributed by atoms with Crippen molar-refractivity contribution in [2.45, 2.75) is 131 Å². The minimum atomic E-state index is -1.13. The van der Waals surface area contributed by atoms with Crippen LogP contribution < -0.4 is 10.6 Å². The molecule has 0 aliphatic rings. The van der Waals surface area contributed by atoms with Crippen LogP contribution in [0.3, 0.4) is 0 Å². The van der Waals surface area contributed by atoms with Gasteiger partial charge in [0.1, 0.15) is 29.3 Å². The quantitative estimate of drug-likeness (QED) is 0.282. The third-order valence-corrected chi connectivity index (χ3v) is 7.47. The number of ether oxygens (including phenoxy) is 2. The summed E-state index contributed by atoms with van der Waals surface area (Å²) in [4.78, 5) is 56.7. The molecular formula is C36H53N3O6. The van der Waals surface area contributed by atoms with Gasteiger partial charge in [0, 0.05) is 12.0 Å². The molecular weight excluding hydrogens is 570 g/mol. The van der Waals surface area contributed by atoms with E-state index in [1.807, 2.05) is 83.1 Å². The molecule has 2 rings (SSSR count). The van der Waals surface area contributed by atoms with Gasteiger partial charge in [-0.2, -0.15) is 0 Å². The van der Waals surface area contributed by atoms with Gasteiger partial charge in [0.2, 0.25) is 11.8 Å². The van der Waals surface area contributed by atoms with Crippen molar-refractivity contribution in [3.05, 3.63) is 70.8 Å². The molecule has 0 aliphatic carbocycles. The third kappa shape index (κ3) is 10.9. The van der Waals surface area contributed by atoms with E-state index in [-0.39, 0.29) is 6.42 Å². The van der Waals surface area contributed by atoms with Crippen molar-refractivity contribution in [3.8, 4) is 0 Å². The predicted molar refractivity (Wildman–Crippen MR) is 177 cm³/mol. The number of amides is 3. The van der Waals surface area contributed by atoms with Crippen LogP contribution in [0.5, 0.6) is 0 Å². The van der Waals surface area contributed by atoms with Crippen LogP contribution in [0.25, 0.3) is 0 Å². The van der Waals surface area contributed by atoms with Crippen molar-refractivity contribution in [2.24, 2.45) is 0 Å². The van der Waals surface area contributed by atoms with Crippen LogP contribution >= 0.6 is 0 Å². The van der Waals surface area contributed by atoms with Gasteiger partial charge >= 0.3 is 12.1 Å². The molecule has 0 saturated heterocycles. The number of alkyl carbamates (subject to hydrolysis) is 1. The van der Waals surface area contributed by atoms with Crippen molar-refractivity contribution < 1.29 is 28.7 Å². The van der Waals surface area contributed by atoms with Gasteiger partial charge in [-0.05, 0) is 105 Å². The zero-order valence-electron chi connectivity index (χ0n) is 29.2. The molecule has 0 spiro atoms. The highest BCUT2D eigenvalue weighted by Crippen LogP contribution is 2.35. The number of rotatable bonds is 11. The Hall–Kier alpha value is -3.88. The highest BCUT2D eigenvalue weighted by molar-refractivity contribution is 5.94. The Bertz CT molecular complexity index is 1320. The van der Waals surface area contributed by atoms with Crippen molar-refractivity contribution in [1.29, 1.82) is 0 Å². The lowest BCUT2D eigenvalue weighted by Gasteiger charge is -2.45. The molecule has 0 saturated carbocycles. The topological polar surface area (TPSA) is 114 Å². The van der Waals surface area contributed by atoms with Crippen LogP contribution in [0.4, 0.5) is 4.79 Å². The summed E-state index contributed by atoms with van der Waals surface area (Å²) in [5, 5.41) is 5.61. The molecule has 0 heterocycles. The molecule has 2 N–H and O–H groups in total. The van der Waals surface area contributed by atoms with E-state index in [0.717, 1.165) is 16.7 Å². The van der Waals surface area contributed by atoms with Crippen molar-refractivity contribution in [3.63, 3.8) is 0 Å². The zero-order chi connectivity index (χ0) is 34.3. The normalized spacial score (nSPS) is 14.0. The van der Waals surface area contributed by atoms with Crippen LogP contribution in [-0.2, 0) is 30.3 Å². The van der Waals surface area contributed by atoms with E-state index in [0.29, 0.717) is 12.0 Å².